The molecule has 1 fully saturated rings. The van der Waals surface area contributed by atoms with Crippen molar-refractivity contribution in [1.82, 2.24) is 15.1 Å². The molecule has 1 unspecified atom stereocenters. The molecule has 1 aliphatic rings. The van der Waals surface area contributed by atoms with Crippen molar-refractivity contribution in [2.75, 3.05) is 39.8 Å². The van der Waals surface area contributed by atoms with Gasteiger partial charge in [0, 0.05) is 38.3 Å². The van der Waals surface area contributed by atoms with Gasteiger partial charge in [0.25, 0.3) is 5.91 Å². The van der Waals surface area contributed by atoms with E-state index in [0.717, 1.165) is 26.2 Å². The van der Waals surface area contributed by atoms with Gasteiger partial charge in [-0.2, -0.15) is 0 Å². The number of halogens is 2. The van der Waals surface area contributed by atoms with Crippen molar-refractivity contribution in [2.45, 2.75) is 6.04 Å². The summed E-state index contributed by atoms with van der Waals surface area (Å²) in [5.74, 6) is -0.140. The zero-order chi connectivity index (χ0) is 18.5. The third-order valence-corrected chi connectivity index (χ3v) is 5.54. The smallest absolute Gasteiger partial charge is 0.251 e. The molecule has 0 aromatic heterocycles. The summed E-state index contributed by atoms with van der Waals surface area (Å²) >= 11 is 12.0. The van der Waals surface area contributed by atoms with Crippen LogP contribution in [0.5, 0.6) is 0 Å². The quantitative estimate of drug-likeness (QED) is 0.843. The zero-order valence-corrected chi connectivity index (χ0v) is 16.3. The molecule has 1 saturated heterocycles. The summed E-state index contributed by atoms with van der Waals surface area (Å²) in [6.07, 6.45) is 0. The van der Waals surface area contributed by atoms with Gasteiger partial charge in [-0.15, -0.1) is 0 Å². The second kappa shape index (κ2) is 8.87. The van der Waals surface area contributed by atoms with Crippen LogP contribution in [0.3, 0.4) is 0 Å². The zero-order valence-electron chi connectivity index (χ0n) is 14.8. The maximum absolute atomic E-state index is 12.5. The number of rotatable bonds is 5. The molecule has 6 heteroatoms. The lowest BCUT2D eigenvalue weighted by Gasteiger charge is -2.38. The van der Waals surface area contributed by atoms with Crippen LogP contribution in [0.15, 0.2) is 48.5 Å². The number of amides is 1. The van der Waals surface area contributed by atoms with Crippen LogP contribution in [-0.2, 0) is 0 Å². The van der Waals surface area contributed by atoms with Gasteiger partial charge in [-0.1, -0.05) is 53.5 Å². The third kappa shape index (κ3) is 4.77. The van der Waals surface area contributed by atoms with Gasteiger partial charge >= 0.3 is 0 Å². The van der Waals surface area contributed by atoms with Crippen molar-refractivity contribution < 1.29 is 4.79 Å². The van der Waals surface area contributed by atoms with Gasteiger partial charge in [0.1, 0.15) is 0 Å². The first-order valence-corrected chi connectivity index (χ1v) is 9.51. The van der Waals surface area contributed by atoms with E-state index in [-0.39, 0.29) is 11.9 Å². The van der Waals surface area contributed by atoms with Crippen LogP contribution >= 0.6 is 23.2 Å². The van der Waals surface area contributed by atoms with Gasteiger partial charge in [0.05, 0.1) is 16.1 Å². The van der Waals surface area contributed by atoms with Crippen LogP contribution in [0, 0.1) is 0 Å². The van der Waals surface area contributed by atoms with Gasteiger partial charge in [-0.05, 0) is 30.8 Å². The molecule has 1 atom stereocenters. The Labute approximate surface area is 164 Å². The van der Waals surface area contributed by atoms with E-state index in [0.29, 0.717) is 22.2 Å². The summed E-state index contributed by atoms with van der Waals surface area (Å²) in [4.78, 5) is 17.3. The second-order valence-electron chi connectivity index (χ2n) is 6.60. The van der Waals surface area contributed by atoms with E-state index in [1.807, 2.05) is 18.2 Å². The number of hydrogen-bond donors (Lipinski definition) is 1. The fourth-order valence-corrected chi connectivity index (χ4v) is 3.49. The summed E-state index contributed by atoms with van der Waals surface area (Å²) in [7, 11) is 2.14. The topological polar surface area (TPSA) is 35.6 Å². The Hall–Kier alpha value is -1.59. The molecule has 26 heavy (non-hydrogen) atoms. The Kier molecular flexibility index (Phi) is 6.54. The van der Waals surface area contributed by atoms with Gasteiger partial charge in [0.2, 0.25) is 0 Å². The maximum Gasteiger partial charge on any atom is 0.251 e. The minimum atomic E-state index is -0.140. The van der Waals surface area contributed by atoms with Gasteiger partial charge < -0.3 is 10.2 Å². The molecule has 0 bridgehead atoms. The van der Waals surface area contributed by atoms with Crippen molar-refractivity contribution in [3.8, 4) is 0 Å². The predicted molar refractivity (Wildman–Crippen MR) is 107 cm³/mol. The fraction of sp³-hybridized carbons (Fsp3) is 0.350. The summed E-state index contributed by atoms with van der Waals surface area (Å²) in [6, 6.07) is 15.4. The molecule has 1 amide bonds. The van der Waals surface area contributed by atoms with Gasteiger partial charge in [0.15, 0.2) is 0 Å². The Bertz CT molecular complexity index is 746. The molecule has 1 N–H and O–H groups in total. The van der Waals surface area contributed by atoms with E-state index in [1.54, 1.807) is 18.2 Å². The van der Waals surface area contributed by atoms with Crippen molar-refractivity contribution in [1.29, 1.82) is 0 Å². The number of piperazine rings is 1. The Balaban J connectivity index is 1.71. The van der Waals surface area contributed by atoms with Crippen LogP contribution in [0.2, 0.25) is 10.0 Å². The van der Waals surface area contributed by atoms with Gasteiger partial charge in [-0.3, -0.25) is 9.69 Å². The lowest BCUT2D eigenvalue weighted by Crippen LogP contribution is -2.48. The van der Waals surface area contributed by atoms with E-state index in [4.69, 9.17) is 23.2 Å². The van der Waals surface area contributed by atoms with Crippen LogP contribution in [0.25, 0.3) is 0 Å². The van der Waals surface area contributed by atoms with Crippen LogP contribution < -0.4 is 5.32 Å². The molecule has 0 aliphatic carbocycles. The highest BCUT2D eigenvalue weighted by Gasteiger charge is 2.24. The molecule has 2 aromatic carbocycles. The molecule has 1 aliphatic heterocycles. The summed E-state index contributed by atoms with van der Waals surface area (Å²) in [5, 5.41) is 3.89. The fourth-order valence-electron chi connectivity index (χ4n) is 3.20. The monoisotopic (exact) mass is 391 g/mol. The Morgan fingerprint density at radius 1 is 1.04 bits per heavy atom. The Morgan fingerprint density at radius 3 is 2.38 bits per heavy atom. The highest BCUT2D eigenvalue weighted by Crippen LogP contribution is 2.24. The molecule has 0 radical (unpaired) electrons. The van der Waals surface area contributed by atoms with Crippen molar-refractivity contribution in [2.24, 2.45) is 0 Å². The number of likely N-dealkylation sites (N-methyl/N-ethyl adjacent to an activating group) is 1. The van der Waals surface area contributed by atoms with E-state index in [1.165, 1.54) is 5.56 Å². The SMILES string of the molecule is CN1CCN(C(CNC(=O)c2ccc(Cl)c(Cl)c2)c2ccccc2)CC1. The number of carbonyl (C=O) groups excluding carboxylic acids is 1. The van der Waals surface area contributed by atoms with Crippen LogP contribution in [-0.4, -0.2) is 55.5 Å². The standard InChI is InChI=1S/C20H23Cl2N3O/c1-24-9-11-25(12-10-24)19(15-5-3-2-4-6-15)14-23-20(26)16-7-8-17(21)18(22)13-16/h2-8,13,19H,9-12,14H2,1H3,(H,23,26). The van der Waals surface area contributed by atoms with E-state index >= 15 is 0 Å². The molecule has 4 nitrogen and oxygen atoms in total. The van der Waals surface area contributed by atoms with Crippen LogP contribution in [0.1, 0.15) is 22.0 Å². The molecule has 138 valence electrons. The van der Waals surface area contributed by atoms with E-state index in [9.17, 15) is 4.79 Å². The third-order valence-electron chi connectivity index (χ3n) is 4.80. The van der Waals surface area contributed by atoms with Gasteiger partial charge in [-0.25, -0.2) is 0 Å². The maximum atomic E-state index is 12.5. The van der Waals surface area contributed by atoms with E-state index < -0.39 is 0 Å². The highest BCUT2D eigenvalue weighted by molar-refractivity contribution is 6.42. The second-order valence-corrected chi connectivity index (χ2v) is 7.42. The number of nitrogens with one attached hydrogen (secondary N) is 1. The normalized spacial score (nSPS) is 17.0. The molecule has 1 heterocycles. The van der Waals surface area contributed by atoms with Crippen molar-refractivity contribution in [3.63, 3.8) is 0 Å². The number of benzene rings is 2. The summed E-state index contributed by atoms with van der Waals surface area (Å²) < 4.78 is 0. The van der Waals surface area contributed by atoms with Crippen LogP contribution in [0.4, 0.5) is 0 Å². The molecule has 0 saturated carbocycles. The first kappa shape index (κ1) is 19.2. The molecular formula is C20H23Cl2N3O. The summed E-state index contributed by atoms with van der Waals surface area (Å²) in [5.41, 5.74) is 1.73. The Morgan fingerprint density at radius 2 is 1.73 bits per heavy atom. The average Bonchev–Trinajstić information content (AvgIpc) is 2.66. The lowest BCUT2D eigenvalue weighted by atomic mass is 10.0. The van der Waals surface area contributed by atoms with Crippen molar-refractivity contribution in [3.05, 3.63) is 69.7 Å². The number of carbonyl (C=O) groups is 1. The lowest BCUT2D eigenvalue weighted by molar-refractivity contribution is 0.0886. The largest absolute Gasteiger partial charge is 0.350 e. The molecular weight excluding hydrogens is 369 g/mol. The first-order chi connectivity index (χ1) is 12.5. The minimum absolute atomic E-state index is 0.140. The summed E-state index contributed by atoms with van der Waals surface area (Å²) in [6.45, 7) is 4.58. The molecule has 3 rings (SSSR count). The van der Waals surface area contributed by atoms with E-state index in [2.05, 4.69) is 34.3 Å². The predicted octanol–water partition coefficient (Wildman–Crippen LogP) is 3.71. The number of nitrogens with zero attached hydrogens (tertiary/aromatic N) is 2. The van der Waals surface area contributed by atoms with Crippen molar-refractivity contribution >= 4 is 29.1 Å². The minimum Gasteiger partial charge on any atom is -0.350 e. The molecule has 0 spiro atoms. The highest BCUT2D eigenvalue weighted by atomic mass is 35.5. The average molecular weight is 392 g/mol. The first-order valence-electron chi connectivity index (χ1n) is 8.75. The molecule has 2 aromatic rings. The number of hydrogen-bond acceptors (Lipinski definition) is 3.